The Morgan fingerprint density at radius 2 is 2.28 bits per heavy atom. The molecule has 1 aromatic heterocycles. The van der Waals surface area contributed by atoms with Crippen LogP contribution in [0, 0.1) is 5.92 Å². The second-order valence-electron chi connectivity index (χ2n) is 4.23. The molecule has 0 aromatic carbocycles. The van der Waals surface area contributed by atoms with Crippen molar-refractivity contribution in [3.05, 3.63) is 24.3 Å². The van der Waals surface area contributed by atoms with Gasteiger partial charge in [-0.2, -0.15) is 0 Å². The number of hydrogen-bond acceptors (Lipinski definition) is 4. The monoisotopic (exact) mass is 250 g/mol. The van der Waals surface area contributed by atoms with Crippen LogP contribution in [0.2, 0.25) is 0 Å². The van der Waals surface area contributed by atoms with Crippen LogP contribution in [0.25, 0.3) is 0 Å². The molecule has 1 aromatic rings. The van der Waals surface area contributed by atoms with Crippen LogP contribution in [-0.2, 0) is 11.3 Å². The molecule has 0 unspecified atom stereocenters. The zero-order chi connectivity index (χ0) is 13.0. The maximum absolute atomic E-state index is 11.7. The van der Waals surface area contributed by atoms with Crippen molar-refractivity contribution in [2.45, 2.75) is 13.0 Å². The van der Waals surface area contributed by atoms with Gasteiger partial charge in [0.25, 0.3) is 0 Å². The summed E-state index contributed by atoms with van der Waals surface area (Å²) in [5.41, 5.74) is 0.737. The van der Waals surface area contributed by atoms with Crippen LogP contribution in [0.4, 0.5) is 4.79 Å². The molecule has 0 atom stereocenters. The van der Waals surface area contributed by atoms with E-state index < -0.39 is 5.97 Å². The average Bonchev–Trinajstić information content (AvgIpc) is 2.31. The van der Waals surface area contributed by atoms with Crippen LogP contribution in [0.1, 0.15) is 12.1 Å². The first kappa shape index (κ1) is 12.3. The van der Waals surface area contributed by atoms with E-state index in [1.54, 1.807) is 17.2 Å². The number of hydrogen-bond donors (Lipinski definition) is 2. The van der Waals surface area contributed by atoms with Crippen LogP contribution in [-0.4, -0.2) is 45.1 Å². The third-order valence-corrected chi connectivity index (χ3v) is 2.77. The van der Waals surface area contributed by atoms with Crippen molar-refractivity contribution in [2.24, 2.45) is 5.92 Å². The third kappa shape index (κ3) is 3.16. The highest BCUT2D eigenvalue weighted by molar-refractivity contribution is 5.75. The molecule has 0 spiro atoms. The van der Waals surface area contributed by atoms with Gasteiger partial charge < -0.3 is 15.3 Å². The first-order valence-electron chi connectivity index (χ1n) is 5.64. The van der Waals surface area contributed by atoms with Gasteiger partial charge >= 0.3 is 12.0 Å². The Balaban J connectivity index is 1.70. The van der Waals surface area contributed by atoms with E-state index >= 15 is 0 Å². The van der Waals surface area contributed by atoms with Crippen molar-refractivity contribution in [1.82, 2.24) is 20.2 Å². The van der Waals surface area contributed by atoms with E-state index in [1.165, 1.54) is 6.33 Å². The topological polar surface area (TPSA) is 95.4 Å². The van der Waals surface area contributed by atoms with Crippen molar-refractivity contribution < 1.29 is 14.7 Å². The van der Waals surface area contributed by atoms with E-state index in [4.69, 9.17) is 5.11 Å². The van der Waals surface area contributed by atoms with Crippen molar-refractivity contribution in [1.29, 1.82) is 0 Å². The summed E-state index contributed by atoms with van der Waals surface area (Å²) in [6.45, 7) is 1.35. The van der Waals surface area contributed by atoms with E-state index in [1.807, 2.05) is 0 Å². The predicted molar refractivity (Wildman–Crippen MR) is 61.6 cm³/mol. The number of rotatable bonds is 4. The van der Waals surface area contributed by atoms with Gasteiger partial charge in [0.15, 0.2) is 0 Å². The highest BCUT2D eigenvalue weighted by atomic mass is 16.4. The summed E-state index contributed by atoms with van der Waals surface area (Å²) in [5, 5.41) is 11.3. The number of nitrogens with zero attached hydrogens (tertiary/aromatic N) is 3. The first-order chi connectivity index (χ1) is 8.65. The molecule has 96 valence electrons. The normalized spacial score (nSPS) is 15.0. The Kier molecular flexibility index (Phi) is 3.71. The van der Waals surface area contributed by atoms with E-state index in [9.17, 15) is 9.59 Å². The van der Waals surface area contributed by atoms with Crippen LogP contribution in [0.5, 0.6) is 0 Å². The number of likely N-dealkylation sites (tertiary alicyclic amines) is 1. The largest absolute Gasteiger partial charge is 0.481 e. The fourth-order valence-corrected chi connectivity index (χ4v) is 1.81. The number of aliphatic carboxylic acids is 1. The second-order valence-corrected chi connectivity index (χ2v) is 4.23. The number of aromatic nitrogens is 2. The number of nitrogens with one attached hydrogen (secondary N) is 1. The highest BCUT2D eigenvalue weighted by Crippen LogP contribution is 2.18. The van der Waals surface area contributed by atoms with Gasteiger partial charge in [-0.3, -0.25) is 4.79 Å². The Morgan fingerprint density at radius 3 is 2.89 bits per heavy atom. The third-order valence-electron chi connectivity index (χ3n) is 2.77. The van der Waals surface area contributed by atoms with Crippen LogP contribution >= 0.6 is 0 Å². The van der Waals surface area contributed by atoms with Crippen molar-refractivity contribution in [3.8, 4) is 0 Å². The lowest BCUT2D eigenvalue weighted by atomic mass is 9.97. The quantitative estimate of drug-likeness (QED) is 0.789. The minimum atomic E-state index is -0.818. The van der Waals surface area contributed by atoms with E-state index in [0.717, 1.165) is 5.69 Å². The molecule has 1 saturated heterocycles. The van der Waals surface area contributed by atoms with Gasteiger partial charge in [0.2, 0.25) is 0 Å². The number of carboxylic acids is 1. The van der Waals surface area contributed by atoms with E-state index in [-0.39, 0.29) is 18.4 Å². The minimum Gasteiger partial charge on any atom is -0.481 e. The van der Waals surface area contributed by atoms with Gasteiger partial charge in [-0.15, -0.1) is 0 Å². The summed E-state index contributed by atoms with van der Waals surface area (Å²) in [6.07, 6.45) is 3.16. The maximum Gasteiger partial charge on any atom is 0.317 e. The van der Waals surface area contributed by atoms with Gasteiger partial charge in [-0.1, -0.05) is 0 Å². The molecule has 1 aliphatic heterocycles. The van der Waals surface area contributed by atoms with Crippen LogP contribution in [0.15, 0.2) is 18.6 Å². The molecule has 2 amide bonds. The van der Waals surface area contributed by atoms with Gasteiger partial charge in [0.1, 0.15) is 6.33 Å². The van der Waals surface area contributed by atoms with Crippen molar-refractivity contribution >= 4 is 12.0 Å². The molecule has 2 heterocycles. The minimum absolute atomic E-state index is 0.0762. The Labute approximate surface area is 104 Å². The lowest BCUT2D eigenvalue weighted by Gasteiger charge is -2.38. The highest BCUT2D eigenvalue weighted by Gasteiger charge is 2.31. The second kappa shape index (κ2) is 5.44. The standard InChI is InChI=1S/C11H14N4O3/c16-10(17)3-8-5-15(6-8)11(18)13-4-9-1-2-12-7-14-9/h1-2,7-8H,3-6H2,(H,13,18)(H,16,17). The molecule has 1 fully saturated rings. The maximum atomic E-state index is 11.7. The SMILES string of the molecule is O=C(O)CC1CN(C(=O)NCc2ccncn2)C1. The Bertz CT molecular complexity index is 431. The molecular weight excluding hydrogens is 236 g/mol. The molecule has 2 N–H and O–H groups in total. The summed E-state index contributed by atoms with van der Waals surface area (Å²) in [6, 6.07) is 1.54. The first-order valence-corrected chi connectivity index (χ1v) is 5.64. The fraction of sp³-hybridized carbons (Fsp3) is 0.455. The molecule has 7 heteroatoms. The zero-order valence-electron chi connectivity index (χ0n) is 9.74. The summed E-state index contributed by atoms with van der Waals surface area (Å²) in [4.78, 5) is 31.5. The number of carboxylic acid groups (broad SMARTS) is 1. The molecule has 7 nitrogen and oxygen atoms in total. The summed E-state index contributed by atoms with van der Waals surface area (Å²) < 4.78 is 0. The molecule has 0 aliphatic carbocycles. The molecule has 0 bridgehead atoms. The van der Waals surface area contributed by atoms with Gasteiger partial charge in [0, 0.05) is 25.2 Å². The Hall–Kier alpha value is -2.18. The lowest BCUT2D eigenvalue weighted by Crippen LogP contribution is -2.54. The number of urea groups is 1. The van der Waals surface area contributed by atoms with Crippen LogP contribution < -0.4 is 5.32 Å². The summed E-state index contributed by atoms with van der Waals surface area (Å²) in [5.74, 6) is -0.742. The lowest BCUT2D eigenvalue weighted by molar-refractivity contribution is -0.139. The van der Waals surface area contributed by atoms with Gasteiger partial charge in [-0.25, -0.2) is 14.8 Å². The molecule has 0 radical (unpaired) electrons. The molecule has 18 heavy (non-hydrogen) atoms. The van der Waals surface area contributed by atoms with Gasteiger partial charge in [0.05, 0.1) is 18.7 Å². The molecule has 0 saturated carbocycles. The van der Waals surface area contributed by atoms with Crippen molar-refractivity contribution in [2.75, 3.05) is 13.1 Å². The summed E-state index contributed by atoms with van der Waals surface area (Å²) >= 11 is 0. The van der Waals surface area contributed by atoms with E-state index in [0.29, 0.717) is 19.6 Å². The van der Waals surface area contributed by atoms with Gasteiger partial charge in [-0.05, 0) is 6.07 Å². The average molecular weight is 250 g/mol. The van der Waals surface area contributed by atoms with Crippen LogP contribution in [0.3, 0.4) is 0 Å². The predicted octanol–water partition coefficient (Wildman–Crippen LogP) is 0.0927. The Morgan fingerprint density at radius 1 is 1.50 bits per heavy atom. The number of carbonyl (C=O) groups is 2. The zero-order valence-corrected chi connectivity index (χ0v) is 9.74. The van der Waals surface area contributed by atoms with Crippen molar-refractivity contribution in [3.63, 3.8) is 0 Å². The summed E-state index contributed by atoms with van der Waals surface area (Å²) in [7, 11) is 0. The fourth-order valence-electron chi connectivity index (χ4n) is 1.81. The number of carbonyl (C=O) groups excluding carboxylic acids is 1. The molecule has 1 aliphatic rings. The smallest absolute Gasteiger partial charge is 0.317 e. The molecule has 2 rings (SSSR count). The molecular formula is C11H14N4O3. The van der Waals surface area contributed by atoms with E-state index in [2.05, 4.69) is 15.3 Å². The number of amides is 2.